The largest absolute Gasteiger partial charge is 0.338 e. The average molecular weight is 227 g/mol. The van der Waals surface area contributed by atoms with E-state index < -0.39 is 16.1 Å². The Balaban J connectivity index is 2.81. The number of benzene rings is 1. The molecule has 0 heterocycles. The number of hydrogen-bond acceptors (Lipinski definition) is 3. The highest BCUT2D eigenvalue weighted by Gasteiger charge is 2.15. The van der Waals surface area contributed by atoms with Crippen LogP contribution in [0.4, 0.5) is 4.79 Å². The number of nitrogens with one attached hydrogen (secondary N) is 2. The maximum absolute atomic E-state index is 11.5. The molecule has 1 aromatic rings. The van der Waals surface area contributed by atoms with Crippen molar-refractivity contribution in [2.45, 2.75) is 11.8 Å². The highest BCUT2D eigenvalue weighted by molar-refractivity contribution is 7.90. The Hall–Kier alpha value is -1.56. The zero-order valence-electron chi connectivity index (χ0n) is 8.15. The van der Waals surface area contributed by atoms with Crippen LogP contribution in [0.5, 0.6) is 0 Å². The normalized spacial score (nSPS) is 10.7. The molecule has 0 spiro atoms. The number of rotatable bonds is 3. The lowest BCUT2D eigenvalue weighted by Gasteiger charge is -2.06. The van der Waals surface area contributed by atoms with Crippen molar-refractivity contribution in [3.05, 3.63) is 30.3 Å². The van der Waals surface area contributed by atoms with Gasteiger partial charge in [-0.2, -0.15) is 0 Å². The van der Waals surface area contributed by atoms with Crippen LogP contribution < -0.4 is 10.0 Å². The van der Waals surface area contributed by atoms with Gasteiger partial charge in [0.2, 0.25) is 0 Å². The van der Waals surface area contributed by atoms with Crippen LogP contribution in [-0.2, 0) is 10.0 Å². The van der Waals surface area contributed by atoms with Crippen LogP contribution in [0, 0.1) is 6.07 Å². The zero-order chi connectivity index (χ0) is 11.3. The molecule has 0 aromatic heterocycles. The topological polar surface area (TPSA) is 75.3 Å². The molecule has 0 unspecified atom stereocenters. The van der Waals surface area contributed by atoms with E-state index >= 15 is 0 Å². The second-order valence-corrected chi connectivity index (χ2v) is 4.38. The molecule has 0 bridgehead atoms. The first-order valence-corrected chi connectivity index (χ1v) is 5.81. The van der Waals surface area contributed by atoms with Gasteiger partial charge < -0.3 is 5.32 Å². The second-order valence-electron chi connectivity index (χ2n) is 2.70. The molecule has 0 aliphatic heterocycles. The van der Waals surface area contributed by atoms with Gasteiger partial charge in [0.05, 0.1) is 4.90 Å². The van der Waals surface area contributed by atoms with E-state index in [1.807, 2.05) is 4.72 Å². The highest BCUT2D eigenvalue weighted by atomic mass is 32.2. The molecule has 0 saturated carbocycles. The Bertz CT molecular complexity index is 428. The second kappa shape index (κ2) is 4.79. The van der Waals surface area contributed by atoms with E-state index in [9.17, 15) is 13.2 Å². The van der Waals surface area contributed by atoms with Gasteiger partial charge in [-0.1, -0.05) is 12.1 Å². The summed E-state index contributed by atoms with van der Waals surface area (Å²) in [6.07, 6.45) is 0. The molecule has 0 aliphatic rings. The predicted octanol–water partition coefficient (Wildman–Crippen LogP) is 0.495. The first-order valence-electron chi connectivity index (χ1n) is 4.33. The summed E-state index contributed by atoms with van der Waals surface area (Å²) in [5.41, 5.74) is 0. The number of amides is 2. The van der Waals surface area contributed by atoms with Crippen molar-refractivity contribution in [3.8, 4) is 0 Å². The SMILES string of the molecule is CCNC(=O)NS(=O)(=O)c1cc[c]cc1. The van der Waals surface area contributed by atoms with Gasteiger partial charge in [0.1, 0.15) is 0 Å². The van der Waals surface area contributed by atoms with Crippen molar-refractivity contribution in [1.82, 2.24) is 10.0 Å². The first kappa shape index (κ1) is 11.5. The van der Waals surface area contributed by atoms with Crippen LogP contribution >= 0.6 is 0 Å². The fourth-order valence-corrected chi connectivity index (χ4v) is 1.86. The van der Waals surface area contributed by atoms with Gasteiger partial charge in [0, 0.05) is 6.54 Å². The molecule has 0 saturated heterocycles. The fraction of sp³-hybridized carbons (Fsp3) is 0.222. The third-order valence-corrected chi connectivity index (χ3v) is 2.91. The molecule has 0 aliphatic carbocycles. The van der Waals surface area contributed by atoms with Crippen LogP contribution in [0.3, 0.4) is 0 Å². The van der Waals surface area contributed by atoms with E-state index in [-0.39, 0.29) is 4.90 Å². The molecule has 2 amide bonds. The van der Waals surface area contributed by atoms with Crippen LogP contribution in [0.2, 0.25) is 0 Å². The third kappa shape index (κ3) is 3.25. The summed E-state index contributed by atoms with van der Waals surface area (Å²) in [5.74, 6) is 0. The molecular formula is C9H11N2O3S. The molecule has 2 N–H and O–H groups in total. The molecule has 1 radical (unpaired) electrons. The monoisotopic (exact) mass is 227 g/mol. The van der Waals surface area contributed by atoms with Crippen LogP contribution in [0.15, 0.2) is 29.2 Å². The van der Waals surface area contributed by atoms with Gasteiger partial charge >= 0.3 is 6.03 Å². The lowest BCUT2D eigenvalue weighted by Crippen LogP contribution is -2.39. The van der Waals surface area contributed by atoms with Gasteiger partial charge in [-0.3, -0.25) is 0 Å². The number of urea groups is 1. The van der Waals surface area contributed by atoms with E-state index in [0.717, 1.165) is 0 Å². The predicted molar refractivity (Wildman–Crippen MR) is 54.7 cm³/mol. The Morgan fingerprint density at radius 3 is 2.53 bits per heavy atom. The quantitative estimate of drug-likeness (QED) is 0.789. The number of hydrogen-bond donors (Lipinski definition) is 2. The van der Waals surface area contributed by atoms with Crippen molar-refractivity contribution < 1.29 is 13.2 Å². The zero-order valence-corrected chi connectivity index (χ0v) is 8.97. The van der Waals surface area contributed by atoms with Gasteiger partial charge in [0.15, 0.2) is 0 Å². The van der Waals surface area contributed by atoms with E-state index in [2.05, 4.69) is 11.4 Å². The molecule has 1 rings (SSSR count). The van der Waals surface area contributed by atoms with Crippen molar-refractivity contribution >= 4 is 16.1 Å². The smallest absolute Gasteiger partial charge is 0.328 e. The minimum atomic E-state index is -3.76. The van der Waals surface area contributed by atoms with Crippen molar-refractivity contribution in [2.24, 2.45) is 0 Å². The third-order valence-electron chi connectivity index (χ3n) is 1.56. The van der Waals surface area contributed by atoms with Crippen molar-refractivity contribution in [1.29, 1.82) is 0 Å². The number of sulfonamides is 1. The van der Waals surface area contributed by atoms with Crippen LogP contribution in [0.1, 0.15) is 6.92 Å². The molecule has 15 heavy (non-hydrogen) atoms. The molecule has 5 nitrogen and oxygen atoms in total. The summed E-state index contributed by atoms with van der Waals surface area (Å²) in [6.45, 7) is 2.06. The summed E-state index contributed by atoms with van der Waals surface area (Å²) < 4.78 is 24.9. The molecule has 81 valence electrons. The Morgan fingerprint density at radius 1 is 1.40 bits per heavy atom. The summed E-state index contributed by atoms with van der Waals surface area (Å²) in [7, 11) is -3.76. The maximum atomic E-state index is 11.5. The maximum Gasteiger partial charge on any atom is 0.328 e. The Morgan fingerprint density at radius 2 is 2.00 bits per heavy atom. The molecule has 0 fully saturated rings. The van der Waals surface area contributed by atoms with Crippen molar-refractivity contribution in [2.75, 3.05) is 6.54 Å². The van der Waals surface area contributed by atoms with Gasteiger partial charge in [-0.05, 0) is 25.1 Å². The molecule has 1 aromatic carbocycles. The fourth-order valence-electron chi connectivity index (χ4n) is 0.928. The summed E-state index contributed by atoms with van der Waals surface area (Å²) in [4.78, 5) is 11.1. The number of carbonyl (C=O) groups excluding carboxylic acids is 1. The average Bonchev–Trinajstić information content (AvgIpc) is 2.18. The highest BCUT2D eigenvalue weighted by Crippen LogP contribution is 2.05. The lowest BCUT2D eigenvalue weighted by molar-refractivity contribution is 0.246. The van der Waals surface area contributed by atoms with Crippen LogP contribution in [0.25, 0.3) is 0 Å². The minimum Gasteiger partial charge on any atom is -0.338 e. The molecule has 6 heteroatoms. The summed E-state index contributed by atoms with van der Waals surface area (Å²) in [6, 6.07) is 7.61. The molecular weight excluding hydrogens is 216 g/mol. The number of carbonyl (C=O) groups is 1. The van der Waals surface area contributed by atoms with Crippen LogP contribution in [-0.4, -0.2) is 21.0 Å². The van der Waals surface area contributed by atoms with E-state index in [1.165, 1.54) is 24.3 Å². The standard InChI is InChI=1S/C9H11N2O3S/c1-2-10-9(12)11-15(13,14)8-6-4-3-5-7-8/h4-7H,2H2,1H3,(H2,10,11,12). The first-order chi connectivity index (χ1) is 7.06. The van der Waals surface area contributed by atoms with Gasteiger partial charge in [-0.15, -0.1) is 0 Å². The summed E-state index contributed by atoms with van der Waals surface area (Å²) in [5, 5.41) is 2.33. The minimum absolute atomic E-state index is 0.0347. The lowest BCUT2D eigenvalue weighted by atomic mass is 10.4. The Labute approximate surface area is 88.5 Å². The molecule has 0 atom stereocenters. The Kier molecular flexibility index (Phi) is 3.68. The van der Waals surface area contributed by atoms with Crippen molar-refractivity contribution in [3.63, 3.8) is 0 Å². The van der Waals surface area contributed by atoms with Gasteiger partial charge in [0.25, 0.3) is 10.0 Å². The van der Waals surface area contributed by atoms with E-state index in [0.29, 0.717) is 6.54 Å². The summed E-state index contributed by atoms with van der Waals surface area (Å²) >= 11 is 0. The van der Waals surface area contributed by atoms with Gasteiger partial charge in [-0.25, -0.2) is 17.9 Å². The van der Waals surface area contributed by atoms with E-state index in [1.54, 1.807) is 6.92 Å². The van der Waals surface area contributed by atoms with E-state index in [4.69, 9.17) is 0 Å².